The molecule has 0 saturated carbocycles. The number of aromatic nitrogens is 3. The molecule has 2 fully saturated rings. The predicted molar refractivity (Wildman–Crippen MR) is 103 cm³/mol. The Morgan fingerprint density at radius 2 is 1.93 bits per heavy atom. The molecule has 5 rings (SSSR count). The molecule has 0 spiro atoms. The molecule has 1 aromatic heterocycles. The molecule has 4 heterocycles. The maximum atomic E-state index is 6.47. The molecule has 8 heteroatoms. The zero-order valence-electron chi connectivity index (χ0n) is 15.3. The Morgan fingerprint density at radius 1 is 1.15 bits per heavy atom. The maximum Gasteiger partial charge on any atom is 0.117 e. The summed E-state index contributed by atoms with van der Waals surface area (Å²) in [4.78, 5) is 2.61. The fourth-order valence-electron chi connectivity index (χ4n) is 4.55. The number of ether oxygens (including phenoxy) is 1. The molecule has 2 aromatic rings. The molecule has 7 nitrogen and oxygen atoms in total. The van der Waals surface area contributed by atoms with Crippen LogP contribution in [0.15, 0.2) is 30.3 Å². The number of rotatable bonds is 3. The van der Waals surface area contributed by atoms with Gasteiger partial charge in [-0.2, -0.15) is 0 Å². The number of benzene rings is 1. The van der Waals surface area contributed by atoms with Gasteiger partial charge in [0.2, 0.25) is 0 Å². The number of nitrogens with one attached hydrogen (secondary N) is 1. The largest absolute Gasteiger partial charge is 0.381 e. The highest BCUT2D eigenvalue weighted by Gasteiger charge is 2.40. The molecule has 3 aliphatic rings. The first-order valence-electron chi connectivity index (χ1n) is 9.58. The SMILES string of the molecule is OCl.c1ccc(-c2nnn3c2CN[C@@H]2CN(CC4CCOCC4)C[C@H]23)cc1. The first kappa shape index (κ1) is 18.8. The van der Waals surface area contributed by atoms with Gasteiger partial charge < -0.3 is 10.1 Å². The Bertz CT molecular complexity index is 735. The second-order valence-electron chi connectivity index (χ2n) is 7.52. The van der Waals surface area contributed by atoms with Gasteiger partial charge in [0.15, 0.2) is 0 Å². The van der Waals surface area contributed by atoms with E-state index in [-0.39, 0.29) is 0 Å². The number of likely N-dealkylation sites (tertiary alicyclic amines) is 1. The van der Waals surface area contributed by atoms with Crippen LogP contribution in [-0.4, -0.2) is 63.4 Å². The van der Waals surface area contributed by atoms with Crippen LogP contribution in [0.3, 0.4) is 0 Å². The molecule has 0 bridgehead atoms. The third-order valence-electron chi connectivity index (χ3n) is 5.91. The van der Waals surface area contributed by atoms with E-state index in [9.17, 15) is 0 Å². The van der Waals surface area contributed by atoms with Crippen molar-refractivity contribution in [1.82, 2.24) is 25.2 Å². The highest BCUT2D eigenvalue weighted by atomic mass is 35.5. The minimum atomic E-state index is 0.397. The van der Waals surface area contributed by atoms with Crippen LogP contribution in [0.2, 0.25) is 0 Å². The Balaban J connectivity index is 0.000000872. The van der Waals surface area contributed by atoms with Gasteiger partial charge in [0.05, 0.1) is 23.6 Å². The van der Waals surface area contributed by atoms with Crippen LogP contribution in [0, 0.1) is 5.92 Å². The van der Waals surface area contributed by atoms with Crippen LogP contribution in [0.4, 0.5) is 0 Å². The molecule has 2 N–H and O–H groups in total. The van der Waals surface area contributed by atoms with E-state index in [1.165, 1.54) is 25.1 Å². The first-order valence-corrected chi connectivity index (χ1v) is 9.92. The normalized spacial score (nSPS) is 25.4. The summed E-state index contributed by atoms with van der Waals surface area (Å²) in [7, 11) is 0. The fraction of sp³-hybridized carbons (Fsp3) is 0.579. The molecule has 0 amide bonds. The number of nitrogens with zero attached hydrogens (tertiary/aromatic N) is 4. The van der Waals surface area contributed by atoms with Crippen molar-refractivity contribution in [2.45, 2.75) is 31.5 Å². The summed E-state index contributed by atoms with van der Waals surface area (Å²) in [6, 6.07) is 11.3. The van der Waals surface area contributed by atoms with Crippen LogP contribution >= 0.6 is 11.9 Å². The summed E-state index contributed by atoms with van der Waals surface area (Å²) in [5.74, 6) is 0.781. The quantitative estimate of drug-likeness (QED) is 0.831. The smallest absolute Gasteiger partial charge is 0.117 e. The number of hydrogen-bond donors (Lipinski definition) is 2. The van der Waals surface area contributed by atoms with E-state index in [0.29, 0.717) is 12.1 Å². The highest BCUT2D eigenvalue weighted by Crippen LogP contribution is 2.32. The minimum Gasteiger partial charge on any atom is -0.381 e. The molecule has 146 valence electrons. The van der Waals surface area contributed by atoms with Crippen molar-refractivity contribution in [3.63, 3.8) is 0 Å². The molecule has 1 aromatic carbocycles. The zero-order chi connectivity index (χ0) is 18.6. The van der Waals surface area contributed by atoms with E-state index in [1.807, 2.05) is 6.07 Å². The molecule has 3 aliphatic heterocycles. The predicted octanol–water partition coefficient (Wildman–Crippen LogP) is 1.83. The van der Waals surface area contributed by atoms with Crippen molar-refractivity contribution < 1.29 is 9.40 Å². The van der Waals surface area contributed by atoms with Crippen molar-refractivity contribution >= 4 is 11.9 Å². The van der Waals surface area contributed by atoms with E-state index in [0.717, 1.165) is 50.0 Å². The summed E-state index contributed by atoms with van der Waals surface area (Å²) in [5.41, 5.74) is 3.40. The van der Waals surface area contributed by atoms with Crippen LogP contribution < -0.4 is 5.32 Å². The van der Waals surface area contributed by atoms with Crippen molar-refractivity contribution in [2.24, 2.45) is 5.92 Å². The lowest BCUT2D eigenvalue weighted by Gasteiger charge is -2.27. The molecule has 0 aliphatic carbocycles. The van der Waals surface area contributed by atoms with Gasteiger partial charge in [-0.15, -0.1) is 5.10 Å². The van der Waals surface area contributed by atoms with E-state index in [1.54, 1.807) is 0 Å². The van der Waals surface area contributed by atoms with Gasteiger partial charge in [-0.1, -0.05) is 35.5 Å². The van der Waals surface area contributed by atoms with E-state index < -0.39 is 0 Å². The molecular formula is C19H26ClN5O2. The lowest BCUT2D eigenvalue weighted by molar-refractivity contribution is 0.0550. The van der Waals surface area contributed by atoms with E-state index in [4.69, 9.17) is 9.40 Å². The lowest BCUT2D eigenvalue weighted by Crippen LogP contribution is -2.42. The second kappa shape index (κ2) is 8.67. The van der Waals surface area contributed by atoms with E-state index in [2.05, 4.69) is 61.3 Å². The van der Waals surface area contributed by atoms with Gasteiger partial charge in [-0.25, -0.2) is 4.68 Å². The first-order chi connectivity index (χ1) is 13.4. The Morgan fingerprint density at radius 3 is 2.70 bits per heavy atom. The average molecular weight is 392 g/mol. The molecule has 2 saturated heterocycles. The Hall–Kier alpha value is -1.51. The highest BCUT2D eigenvalue weighted by molar-refractivity contribution is 6.04. The Labute approximate surface area is 164 Å². The zero-order valence-corrected chi connectivity index (χ0v) is 16.1. The molecule has 27 heavy (non-hydrogen) atoms. The standard InChI is InChI=1S/C19H25N5O.ClHO/c1-2-4-15(5-3-1)19-17-10-20-16-12-23(11-14-6-8-25-9-7-14)13-18(16)24(17)22-21-19;1-2/h1-5,14,16,18,20H,6-13H2;2H/t16-,18-;/m1./s1. The van der Waals surface area contributed by atoms with Crippen LogP contribution in [0.5, 0.6) is 0 Å². The van der Waals surface area contributed by atoms with Crippen LogP contribution in [-0.2, 0) is 11.3 Å². The van der Waals surface area contributed by atoms with Gasteiger partial charge in [0, 0.05) is 51.0 Å². The average Bonchev–Trinajstić information content (AvgIpc) is 3.34. The van der Waals surface area contributed by atoms with Crippen LogP contribution in [0.25, 0.3) is 11.3 Å². The topological polar surface area (TPSA) is 75.4 Å². The molecular weight excluding hydrogens is 366 g/mol. The second-order valence-corrected chi connectivity index (χ2v) is 7.52. The van der Waals surface area contributed by atoms with Crippen molar-refractivity contribution in [3.8, 4) is 11.3 Å². The summed E-state index contributed by atoms with van der Waals surface area (Å²) >= 11 is 3.64. The van der Waals surface area contributed by atoms with Gasteiger partial charge in [-0.05, 0) is 18.8 Å². The summed E-state index contributed by atoms with van der Waals surface area (Å²) in [6.45, 7) is 6.08. The fourth-order valence-corrected chi connectivity index (χ4v) is 4.55. The van der Waals surface area contributed by atoms with Gasteiger partial charge in [0.25, 0.3) is 0 Å². The monoisotopic (exact) mass is 391 g/mol. The number of fused-ring (bicyclic) bond motifs is 3. The lowest BCUT2D eigenvalue weighted by atomic mass is 10.00. The molecule has 2 atom stereocenters. The Kier molecular flexibility index (Phi) is 6.04. The van der Waals surface area contributed by atoms with E-state index >= 15 is 0 Å². The maximum absolute atomic E-state index is 6.47. The van der Waals surface area contributed by atoms with Gasteiger partial charge in [0.1, 0.15) is 5.69 Å². The minimum absolute atomic E-state index is 0.397. The third-order valence-corrected chi connectivity index (χ3v) is 5.91. The van der Waals surface area contributed by atoms with Gasteiger partial charge >= 0.3 is 0 Å². The number of halogens is 1. The third kappa shape index (κ3) is 3.88. The number of hydrogen-bond acceptors (Lipinski definition) is 6. The summed E-state index contributed by atoms with van der Waals surface area (Å²) in [6.07, 6.45) is 2.40. The summed E-state index contributed by atoms with van der Waals surface area (Å²) < 4.78 is 14.2. The van der Waals surface area contributed by atoms with Crippen molar-refractivity contribution in [2.75, 3.05) is 32.8 Å². The van der Waals surface area contributed by atoms with Gasteiger partial charge in [-0.3, -0.25) is 9.56 Å². The van der Waals surface area contributed by atoms with Crippen molar-refractivity contribution in [1.29, 1.82) is 0 Å². The van der Waals surface area contributed by atoms with Crippen LogP contribution in [0.1, 0.15) is 24.6 Å². The molecule has 0 unspecified atom stereocenters. The summed E-state index contributed by atoms with van der Waals surface area (Å²) in [5, 5.41) is 12.8. The van der Waals surface area contributed by atoms with Crippen molar-refractivity contribution in [3.05, 3.63) is 36.0 Å². The molecule has 0 radical (unpaired) electrons.